The second-order valence-electron chi connectivity index (χ2n) is 4.27. The second-order valence-corrected chi connectivity index (χ2v) is 4.72. The largest absolute Gasteiger partial charge is 0.457 e. The summed E-state index contributed by atoms with van der Waals surface area (Å²) in [6.45, 7) is -2.85. The molecule has 0 N–H and O–H groups in total. The number of halogens is 10. The molecule has 0 aliphatic rings. The van der Waals surface area contributed by atoms with Crippen LogP contribution in [0.2, 0.25) is 0 Å². The molecule has 0 aliphatic carbocycles. The molecule has 0 rings (SSSR count). The highest BCUT2D eigenvalue weighted by Crippen LogP contribution is 2.50. The molecule has 0 amide bonds. The highest BCUT2D eigenvalue weighted by molar-refractivity contribution is 7.80. The maximum absolute atomic E-state index is 13.7. The molecular formula is C10H12F10O3S. The maximum atomic E-state index is 13.7. The van der Waals surface area contributed by atoms with Crippen LogP contribution in [-0.2, 0) is 14.2 Å². The summed E-state index contributed by atoms with van der Waals surface area (Å²) in [4.78, 5) is 0. The van der Waals surface area contributed by atoms with E-state index < -0.39 is 43.4 Å². The molecule has 0 radical (unpaired) electrons. The summed E-state index contributed by atoms with van der Waals surface area (Å²) in [5.74, 6) is -11.4. The fourth-order valence-electron chi connectivity index (χ4n) is 1.21. The molecule has 0 saturated carbocycles. The minimum atomic E-state index is -6.52. The zero-order valence-corrected chi connectivity index (χ0v) is 12.7. The van der Waals surface area contributed by atoms with Gasteiger partial charge in [-0.25, -0.2) is 0 Å². The van der Waals surface area contributed by atoms with E-state index in [1.165, 1.54) is 0 Å². The molecule has 0 aliphatic heterocycles. The topological polar surface area (TPSA) is 27.7 Å². The highest BCUT2D eigenvalue weighted by Gasteiger charge is 2.78. The van der Waals surface area contributed by atoms with E-state index in [1.54, 1.807) is 0 Å². The molecule has 0 heterocycles. The molecule has 14 heteroatoms. The van der Waals surface area contributed by atoms with Crippen molar-refractivity contribution in [1.82, 2.24) is 0 Å². The van der Waals surface area contributed by atoms with Gasteiger partial charge in [-0.15, -0.1) is 0 Å². The first-order valence-electron chi connectivity index (χ1n) is 5.91. The van der Waals surface area contributed by atoms with Crippen molar-refractivity contribution in [2.24, 2.45) is 0 Å². The van der Waals surface area contributed by atoms with E-state index in [0.717, 1.165) is 0 Å². The number of rotatable bonds is 9. The summed E-state index contributed by atoms with van der Waals surface area (Å²) >= 11 is 3.64. The van der Waals surface area contributed by atoms with E-state index in [2.05, 4.69) is 26.8 Å². The van der Waals surface area contributed by atoms with Gasteiger partial charge in [0.1, 0.15) is 6.61 Å². The lowest BCUT2D eigenvalue weighted by Crippen LogP contribution is -2.63. The summed E-state index contributed by atoms with van der Waals surface area (Å²) in [5.41, 5.74) is 0. The molecule has 24 heavy (non-hydrogen) atoms. The third-order valence-electron chi connectivity index (χ3n) is 2.47. The number of ether oxygens (including phenoxy) is 3. The van der Waals surface area contributed by atoms with Crippen LogP contribution in [0.5, 0.6) is 0 Å². The molecule has 0 aromatic rings. The fraction of sp³-hybridized carbons (Fsp3) is 1.00. The van der Waals surface area contributed by atoms with Crippen molar-refractivity contribution < 1.29 is 58.1 Å². The summed E-state index contributed by atoms with van der Waals surface area (Å²) in [6, 6.07) is 0. The minimum Gasteiger partial charge on any atom is -0.375 e. The monoisotopic (exact) mass is 402 g/mol. The summed E-state index contributed by atoms with van der Waals surface area (Å²) < 4.78 is 138. The Balaban J connectivity index is 5.54. The molecule has 0 fully saturated rings. The van der Waals surface area contributed by atoms with Gasteiger partial charge in [-0.2, -0.15) is 56.5 Å². The molecule has 0 aromatic heterocycles. The standard InChI is InChI=1S/C10H12F10O3S/c1-21-7(12,9(16,17)18)10(19,20)23-6(11,8(13,14)15)5-22-3-2-4-24/h24H,2-5H2,1H3. The SMILES string of the molecule is COC(F)(C(F)(F)F)C(F)(F)OC(F)(COCCCS)C(F)(F)F. The van der Waals surface area contributed by atoms with Crippen LogP contribution in [0.25, 0.3) is 0 Å². The van der Waals surface area contributed by atoms with Crippen molar-refractivity contribution in [3.63, 3.8) is 0 Å². The third-order valence-corrected chi connectivity index (χ3v) is 2.78. The molecular weight excluding hydrogens is 390 g/mol. The Morgan fingerprint density at radius 1 is 0.833 bits per heavy atom. The van der Waals surface area contributed by atoms with E-state index >= 15 is 0 Å². The normalized spacial score (nSPS) is 19.0. The first-order valence-corrected chi connectivity index (χ1v) is 6.54. The van der Waals surface area contributed by atoms with Crippen molar-refractivity contribution in [3.05, 3.63) is 0 Å². The van der Waals surface area contributed by atoms with Gasteiger partial charge in [0.25, 0.3) is 0 Å². The lowest BCUT2D eigenvalue weighted by molar-refractivity contribution is -0.503. The van der Waals surface area contributed by atoms with Crippen LogP contribution in [0.4, 0.5) is 43.9 Å². The zero-order chi connectivity index (χ0) is 19.4. The fourth-order valence-corrected chi connectivity index (χ4v) is 1.34. The quantitative estimate of drug-likeness (QED) is 0.359. The lowest BCUT2D eigenvalue weighted by atomic mass is 10.2. The third kappa shape index (κ3) is 5.02. The van der Waals surface area contributed by atoms with Crippen LogP contribution in [0.3, 0.4) is 0 Å². The van der Waals surface area contributed by atoms with E-state index in [1.807, 2.05) is 0 Å². The van der Waals surface area contributed by atoms with Crippen LogP contribution in [0.15, 0.2) is 0 Å². The molecule has 0 saturated heterocycles. The van der Waals surface area contributed by atoms with Gasteiger partial charge in [0.2, 0.25) is 0 Å². The first kappa shape index (κ1) is 23.5. The van der Waals surface area contributed by atoms with E-state index in [9.17, 15) is 43.9 Å². The smallest absolute Gasteiger partial charge is 0.375 e. The van der Waals surface area contributed by atoms with E-state index in [4.69, 9.17) is 0 Å². The average Bonchev–Trinajstić information content (AvgIpc) is 2.39. The van der Waals surface area contributed by atoms with Gasteiger partial charge in [0.05, 0.1) is 0 Å². The number of thiol groups is 1. The van der Waals surface area contributed by atoms with Gasteiger partial charge in [-0.05, 0) is 12.2 Å². The molecule has 0 bridgehead atoms. The van der Waals surface area contributed by atoms with Crippen LogP contribution < -0.4 is 0 Å². The van der Waals surface area contributed by atoms with Crippen LogP contribution >= 0.6 is 12.6 Å². The van der Waals surface area contributed by atoms with Gasteiger partial charge in [0, 0.05) is 13.7 Å². The van der Waals surface area contributed by atoms with Crippen LogP contribution in [0.1, 0.15) is 6.42 Å². The number of hydrogen-bond acceptors (Lipinski definition) is 4. The molecule has 0 aromatic carbocycles. The zero-order valence-electron chi connectivity index (χ0n) is 11.8. The predicted octanol–water partition coefficient (Wildman–Crippen LogP) is 4.03. The van der Waals surface area contributed by atoms with E-state index in [0.29, 0.717) is 0 Å². The Morgan fingerprint density at radius 2 is 1.33 bits per heavy atom. The lowest BCUT2D eigenvalue weighted by Gasteiger charge is -2.37. The average molecular weight is 402 g/mol. The number of hydrogen-bond donors (Lipinski definition) is 1. The van der Waals surface area contributed by atoms with Gasteiger partial charge in [-0.1, -0.05) is 0 Å². The Morgan fingerprint density at radius 3 is 1.67 bits per heavy atom. The van der Waals surface area contributed by atoms with Crippen LogP contribution in [-0.4, -0.2) is 56.2 Å². The van der Waals surface area contributed by atoms with E-state index in [-0.39, 0.29) is 19.3 Å². The molecule has 0 spiro atoms. The van der Waals surface area contributed by atoms with Gasteiger partial charge < -0.3 is 9.47 Å². The van der Waals surface area contributed by atoms with Crippen molar-refractivity contribution in [2.45, 2.75) is 36.6 Å². The van der Waals surface area contributed by atoms with Gasteiger partial charge in [-0.3, -0.25) is 4.74 Å². The molecule has 2 unspecified atom stereocenters. The molecule has 2 atom stereocenters. The summed E-state index contributed by atoms with van der Waals surface area (Å²) in [6.07, 6.45) is -19.2. The van der Waals surface area contributed by atoms with Crippen molar-refractivity contribution in [3.8, 4) is 0 Å². The first-order chi connectivity index (χ1) is 10.6. The van der Waals surface area contributed by atoms with Crippen molar-refractivity contribution >= 4 is 12.6 Å². The number of alkyl halides is 10. The van der Waals surface area contributed by atoms with Gasteiger partial charge >= 0.3 is 30.2 Å². The Kier molecular flexibility index (Phi) is 7.67. The maximum Gasteiger partial charge on any atom is 0.457 e. The Hall–Kier alpha value is -0.470. The Labute approximate surface area is 134 Å². The second kappa shape index (κ2) is 7.83. The summed E-state index contributed by atoms with van der Waals surface area (Å²) in [5, 5.41) is 0. The van der Waals surface area contributed by atoms with Crippen molar-refractivity contribution in [1.29, 1.82) is 0 Å². The minimum absolute atomic E-state index is 0.0267. The highest BCUT2D eigenvalue weighted by atomic mass is 32.1. The Bertz CT molecular complexity index is 401. The van der Waals surface area contributed by atoms with Gasteiger partial charge in [0.15, 0.2) is 0 Å². The summed E-state index contributed by atoms with van der Waals surface area (Å²) in [7, 11) is -0.207. The van der Waals surface area contributed by atoms with Crippen LogP contribution in [0, 0.1) is 0 Å². The predicted molar refractivity (Wildman–Crippen MR) is 62.1 cm³/mol. The number of methoxy groups -OCH3 is 1. The van der Waals surface area contributed by atoms with Crippen molar-refractivity contribution in [2.75, 3.05) is 26.1 Å². The molecule has 3 nitrogen and oxygen atoms in total. The molecule has 146 valence electrons.